The van der Waals surface area contributed by atoms with Gasteiger partial charge in [-0.15, -0.1) is 0 Å². The van der Waals surface area contributed by atoms with Crippen LogP contribution in [0, 0.1) is 0 Å². The van der Waals surface area contributed by atoms with Crippen LogP contribution in [-0.2, 0) is 6.54 Å². The monoisotopic (exact) mass is 318 g/mol. The standard InChI is InChI=1S/C17H26N4S/c18-17(20-9-11-22-12-10-20)19-13-16-7-4-8-21(16)14-15-5-2-1-3-6-15/h1-3,5-6,16H,4,7-14H2,(H2,18,19). The summed E-state index contributed by atoms with van der Waals surface area (Å²) in [6.07, 6.45) is 2.51. The summed E-state index contributed by atoms with van der Waals surface area (Å²) < 4.78 is 0. The number of hydrogen-bond acceptors (Lipinski definition) is 3. The number of thioether (sulfide) groups is 1. The lowest BCUT2D eigenvalue weighted by molar-refractivity contribution is 0.250. The highest BCUT2D eigenvalue weighted by molar-refractivity contribution is 7.99. The lowest BCUT2D eigenvalue weighted by atomic mass is 10.2. The number of guanidine groups is 1. The molecule has 1 aromatic rings. The molecule has 5 heteroatoms. The third-order valence-corrected chi connectivity index (χ3v) is 5.47. The lowest BCUT2D eigenvalue weighted by Crippen LogP contribution is -2.43. The SMILES string of the molecule is NC(=NCC1CCCN1Cc1ccccc1)N1CCSCC1. The zero-order valence-electron chi connectivity index (χ0n) is 13.2. The number of rotatable bonds is 4. The van der Waals surface area contributed by atoms with Crippen molar-refractivity contribution in [3.63, 3.8) is 0 Å². The van der Waals surface area contributed by atoms with Crippen LogP contribution in [0.3, 0.4) is 0 Å². The Morgan fingerprint density at radius 1 is 1.18 bits per heavy atom. The minimum atomic E-state index is 0.540. The number of likely N-dealkylation sites (tertiary alicyclic amines) is 1. The number of nitrogens with zero attached hydrogens (tertiary/aromatic N) is 3. The zero-order chi connectivity index (χ0) is 15.2. The third-order valence-electron chi connectivity index (χ3n) is 4.53. The van der Waals surface area contributed by atoms with Crippen molar-refractivity contribution in [1.29, 1.82) is 0 Å². The van der Waals surface area contributed by atoms with Crippen LogP contribution in [0.1, 0.15) is 18.4 Å². The van der Waals surface area contributed by atoms with Crippen LogP contribution in [0.5, 0.6) is 0 Å². The summed E-state index contributed by atoms with van der Waals surface area (Å²) in [5.41, 5.74) is 7.56. The maximum Gasteiger partial charge on any atom is 0.191 e. The predicted octanol–water partition coefficient (Wildman–Crippen LogP) is 2.01. The molecule has 4 nitrogen and oxygen atoms in total. The number of aliphatic imine (C=N–C) groups is 1. The van der Waals surface area contributed by atoms with E-state index in [1.165, 1.54) is 36.5 Å². The molecule has 1 unspecified atom stereocenters. The van der Waals surface area contributed by atoms with Crippen molar-refractivity contribution in [3.05, 3.63) is 35.9 Å². The van der Waals surface area contributed by atoms with E-state index < -0.39 is 0 Å². The summed E-state index contributed by atoms with van der Waals surface area (Å²) in [4.78, 5) is 9.47. The highest BCUT2D eigenvalue weighted by Crippen LogP contribution is 2.20. The Morgan fingerprint density at radius 2 is 1.95 bits per heavy atom. The minimum absolute atomic E-state index is 0.540. The molecule has 0 amide bonds. The maximum atomic E-state index is 6.17. The van der Waals surface area contributed by atoms with Crippen molar-refractivity contribution in [2.24, 2.45) is 10.7 Å². The van der Waals surface area contributed by atoms with Crippen molar-refractivity contribution in [3.8, 4) is 0 Å². The van der Waals surface area contributed by atoms with Gasteiger partial charge in [-0.05, 0) is 24.9 Å². The summed E-state index contributed by atoms with van der Waals surface area (Å²) in [6.45, 7) is 5.12. The lowest BCUT2D eigenvalue weighted by Gasteiger charge is -2.28. The molecule has 0 saturated carbocycles. The quantitative estimate of drug-likeness (QED) is 0.681. The highest BCUT2D eigenvalue weighted by atomic mass is 32.2. The smallest absolute Gasteiger partial charge is 0.191 e. The first-order valence-corrected chi connectivity index (χ1v) is 9.39. The molecule has 1 aromatic carbocycles. The first-order valence-electron chi connectivity index (χ1n) is 8.23. The van der Waals surface area contributed by atoms with E-state index in [-0.39, 0.29) is 0 Å². The van der Waals surface area contributed by atoms with Crippen LogP contribution >= 0.6 is 11.8 Å². The van der Waals surface area contributed by atoms with E-state index >= 15 is 0 Å². The molecule has 2 aliphatic heterocycles. The summed E-state index contributed by atoms with van der Waals surface area (Å²) >= 11 is 2.00. The van der Waals surface area contributed by atoms with E-state index in [1.54, 1.807) is 0 Å². The molecule has 2 heterocycles. The second-order valence-electron chi connectivity index (χ2n) is 6.05. The molecular formula is C17H26N4S. The van der Waals surface area contributed by atoms with Gasteiger partial charge in [0.1, 0.15) is 0 Å². The van der Waals surface area contributed by atoms with Crippen molar-refractivity contribution >= 4 is 17.7 Å². The van der Waals surface area contributed by atoms with Crippen LogP contribution in [0.15, 0.2) is 35.3 Å². The zero-order valence-corrected chi connectivity index (χ0v) is 14.0. The van der Waals surface area contributed by atoms with Gasteiger partial charge in [0.05, 0.1) is 6.54 Å². The number of benzene rings is 1. The normalized spacial score (nSPS) is 23.9. The van der Waals surface area contributed by atoms with Crippen molar-refractivity contribution in [2.45, 2.75) is 25.4 Å². The molecule has 2 N–H and O–H groups in total. The molecule has 3 rings (SSSR count). The third kappa shape index (κ3) is 4.17. The molecule has 22 heavy (non-hydrogen) atoms. The first-order chi connectivity index (χ1) is 10.8. The molecule has 2 aliphatic rings. The average Bonchev–Trinajstić information content (AvgIpc) is 3.01. The van der Waals surface area contributed by atoms with Crippen molar-refractivity contribution in [1.82, 2.24) is 9.80 Å². The fourth-order valence-corrected chi connectivity index (χ4v) is 4.12. The Kier molecular flexibility index (Phi) is 5.62. The second kappa shape index (κ2) is 7.88. The molecule has 0 spiro atoms. The van der Waals surface area contributed by atoms with Gasteiger partial charge in [-0.1, -0.05) is 30.3 Å². The molecule has 120 valence electrons. The summed E-state index contributed by atoms with van der Waals surface area (Å²) in [5, 5.41) is 0. The Morgan fingerprint density at radius 3 is 2.73 bits per heavy atom. The van der Waals surface area contributed by atoms with E-state index in [4.69, 9.17) is 10.7 Å². The molecule has 2 fully saturated rings. The largest absolute Gasteiger partial charge is 0.370 e. The van der Waals surface area contributed by atoms with Gasteiger partial charge in [0, 0.05) is 37.2 Å². The van der Waals surface area contributed by atoms with Gasteiger partial charge in [-0.3, -0.25) is 9.89 Å². The molecular weight excluding hydrogens is 292 g/mol. The van der Waals surface area contributed by atoms with Gasteiger partial charge < -0.3 is 10.6 Å². The average molecular weight is 318 g/mol. The Labute approximate surface area is 137 Å². The number of nitrogens with two attached hydrogens (primary N) is 1. The van der Waals surface area contributed by atoms with E-state index in [9.17, 15) is 0 Å². The van der Waals surface area contributed by atoms with E-state index in [0.717, 1.165) is 32.1 Å². The predicted molar refractivity (Wildman–Crippen MR) is 95.3 cm³/mol. The van der Waals surface area contributed by atoms with E-state index in [0.29, 0.717) is 6.04 Å². The van der Waals surface area contributed by atoms with Crippen LogP contribution < -0.4 is 5.73 Å². The fourth-order valence-electron chi connectivity index (χ4n) is 3.22. The van der Waals surface area contributed by atoms with Crippen LogP contribution in [0.25, 0.3) is 0 Å². The fraction of sp³-hybridized carbons (Fsp3) is 0.588. The first kappa shape index (κ1) is 15.7. The second-order valence-corrected chi connectivity index (χ2v) is 7.28. The van der Waals surface area contributed by atoms with Gasteiger partial charge in [0.15, 0.2) is 5.96 Å². The summed E-state index contributed by atoms with van der Waals surface area (Å²) in [7, 11) is 0. The maximum absolute atomic E-state index is 6.17. The van der Waals surface area contributed by atoms with Crippen LogP contribution in [-0.4, -0.2) is 59.5 Å². The molecule has 0 aliphatic carbocycles. The molecule has 0 aromatic heterocycles. The molecule has 2 saturated heterocycles. The van der Waals surface area contributed by atoms with Crippen molar-refractivity contribution < 1.29 is 0 Å². The van der Waals surface area contributed by atoms with Crippen molar-refractivity contribution in [2.75, 3.05) is 37.7 Å². The molecule has 1 atom stereocenters. The van der Waals surface area contributed by atoms with Gasteiger partial charge in [0.2, 0.25) is 0 Å². The van der Waals surface area contributed by atoms with Gasteiger partial charge in [-0.2, -0.15) is 11.8 Å². The van der Waals surface area contributed by atoms with Gasteiger partial charge in [-0.25, -0.2) is 0 Å². The highest BCUT2D eigenvalue weighted by Gasteiger charge is 2.24. The Bertz CT molecular complexity index is 485. The van der Waals surface area contributed by atoms with E-state index in [1.807, 2.05) is 11.8 Å². The Hall–Kier alpha value is -1.20. The number of hydrogen-bond donors (Lipinski definition) is 1. The Balaban J connectivity index is 1.54. The summed E-state index contributed by atoms with van der Waals surface area (Å²) in [5.74, 6) is 3.08. The van der Waals surface area contributed by atoms with E-state index in [2.05, 4.69) is 40.1 Å². The van der Waals surface area contributed by atoms with Crippen LogP contribution in [0.2, 0.25) is 0 Å². The van der Waals surface area contributed by atoms with Gasteiger partial charge >= 0.3 is 0 Å². The topological polar surface area (TPSA) is 44.9 Å². The van der Waals surface area contributed by atoms with Crippen LogP contribution in [0.4, 0.5) is 0 Å². The molecule has 0 radical (unpaired) electrons. The molecule has 0 bridgehead atoms. The minimum Gasteiger partial charge on any atom is -0.370 e. The van der Waals surface area contributed by atoms with Gasteiger partial charge in [0.25, 0.3) is 0 Å². The summed E-state index contributed by atoms with van der Waals surface area (Å²) in [6, 6.07) is 11.3.